The van der Waals surface area contributed by atoms with Gasteiger partial charge >= 0.3 is 17.1 Å². The van der Waals surface area contributed by atoms with Gasteiger partial charge in [-0.15, -0.1) is 0 Å². The highest BCUT2D eigenvalue weighted by molar-refractivity contribution is 5.32. The van der Waals surface area contributed by atoms with Gasteiger partial charge in [0.2, 0.25) is 12.2 Å². The Morgan fingerprint density at radius 1 is 0.842 bits per heavy atom. The minimum Gasteiger partial charge on any atom is -0.247 e. The fraction of sp³-hybridized carbons (Fsp3) is 0.444. The maximum Gasteiger partial charge on any atom is 0.339 e. The van der Waals surface area contributed by atoms with Gasteiger partial charge in [-0.1, -0.05) is 0 Å². The first-order chi connectivity index (χ1) is 9.08. The smallest absolute Gasteiger partial charge is 0.247 e. The summed E-state index contributed by atoms with van der Waals surface area (Å²) in [6.07, 6.45) is 2.36. The molecule has 0 aromatic carbocycles. The summed E-state index contributed by atoms with van der Waals surface area (Å²) in [7, 11) is 0. The molecule has 0 atom stereocenters. The quantitative estimate of drug-likeness (QED) is 0.441. The predicted octanol–water partition coefficient (Wildman–Crippen LogP) is -2.22. The van der Waals surface area contributed by atoms with Gasteiger partial charge in [0.25, 0.3) is 0 Å². The number of nitrogens with zero attached hydrogens (tertiary/aromatic N) is 5. The lowest BCUT2D eigenvalue weighted by Gasteiger charge is -2.08. The van der Waals surface area contributed by atoms with Gasteiger partial charge in [-0.3, -0.25) is 0 Å². The zero-order chi connectivity index (χ0) is 14.4. The van der Waals surface area contributed by atoms with Crippen LogP contribution in [-0.2, 0) is 29.5 Å². The first-order valence-electron chi connectivity index (χ1n) is 5.10. The van der Waals surface area contributed by atoms with E-state index in [2.05, 4.69) is 9.98 Å². The molecule has 0 saturated heterocycles. The van der Waals surface area contributed by atoms with Crippen LogP contribution in [0.4, 0.5) is 0 Å². The van der Waals surface area contributed by atoms with Gasteiger partial charge in [-0.05, 0) is 6.92 Å². The zero-order valence-corrected chi connectivity index (χ0v) is 9.90. The molecule has 100 valence electrons. The standard InChI is InChI=1S/C9H9N5O5/c1-2-12-7(17)13(3-10-5-15)9(19)14(8(12)18)4-11-6-16/h2-4H2,1H3. The first kappa shape index (κ1) is 14.2. The molecule has 0 aliphatic carbocycles. The third-order valence-electron chi connectivity index (χ3n) is 2.26. The van der Waals surface area contributed by atoms with E-state index in [1.165, 1.54) is 19.1 Å². The summed E-state index contributed by atoms with van der Waals surface area (Å²) >= 11 is 0. The Bertz CT molecular complexity index is 683. The molecular formula is C9H9N5O5. The van der Waals surface area contributed by atoms with Gasteiger partial charge < -0.3 is 0 Å². The highest BCUT2D eigenvalue weighted by Gasteiger charge is 2.13. The summed E-state index contributed by atoms with van der Waals surface area (Å²) < 4.78 is 1.88. The summed E-state index contributed by atoms with van der Waals surface area (Å²) in [5, 5.41) is 0. The van der Waals surface area contributed by atoms with E-state index >= 15 is 0 Å². The van der Waals surface area contributed by atoms with E-state index in [1.807, 2.05) is 0 Å². The molecule has 1 aromatic heterocycles. The van der Waals surface area contributed by atoms with Crippen LogP contribution in [0, 0.1) is 0 Å². The Morgan fingerprint density at radius 2 is 1.21 bits per heavy atom. The lowest BCUT2D eigenvalue weighted by molar-refractivity contribution is 0.460. The number of hydrogen-bond donors (Lipinski definition) is 0. The van der Waals surface area contributed by atoms with E-state index in [0.717, 1.165) is 4.57 Å². The molecule has 19 heavy (non-hydrogen) atoms. The van der Waals surface area contributed by atoms with E-state index in [1.54, 1.807) is 0 Å². The third kappa shape index (κ3) is 2.71. The summed E-state index contributed by atoms with van der Waals surface area (Å²) in [6, 6.07) is 0. The Kier molecular flexibility index (Phi) is 4.64. The molecule has 0 N–H and O–H groups in total. The molecule has 1 heterocycles. The van der Waals surface area contributed by atoms with E-state index in [-0.39, 0.29) is 6.54 Å². The minimum atomic E-state index is -1.02. The Balaban J connectivity index is 3.69. The monoisotopic (exact) mass is 267 g/mol. The normalized spacial score (nSPS) is 9.53. The number of carbonyl (C=O) groups excluding carboxylic acids is 2. The summed E-state index contributed by atoms with van der Waals surface area (Å²) in [5.74, 6) is 0. The second-order valence-corrected chi connectivity index (χ2v) is 3.23. The molecule has 0 aliphatic rings. The van der Waals surface area contributed by atoms with E-state index < -0.39 is 30.4 Å². The number of aliphatic imine (C=N–C) groups is 2. The average Bonchev–Trinajstić information content (AvgIpc) is 2.39. The van der Waals surface area contributed by atoms with Crippen LogP contribution in [0.5, 0.6) is 0 Å². The van der Waals surface area contributed by atoms with Crippen LogP contribution in [-0.4, -0.2) is 25.9 Å². The molecule has 0 spiro atoms. The second-order valence-electron chi connectivity index (χ2n) is 3.23. The lowest BCUT2D eigenvalue weighted by Crippen LogP contribution is -2.54. The molecular weight excluding hydrogens is 258 g/mol. The van der Waals surface area contributed by atoms with Crippen LogP contribution in [0.3, 0.4) is 0 Å². The van der Waals surface area contributed by atoms with Crippen LogP contribution < -0.4 is 17.1 Å². The average molecular weight is 267 g/mol. The van der Waals surface area contributed by atoms with Crippen LogP contribution in [0.25, 0.3) is 0 Å². The fourth-order valence-electron chi connectivity index (χ4n) is 1.39. The lowest BCUT2D eigenvalue weighted by atomic mass is 10.7. The van der Waals surface area contributed by atoms with Gasteiger partial charge in [0.05, 0.1) is 0 Å². The fourth-order valence-corrected chi connectivity index (χ4v) is 1.39. The molecule has 0 aliphatic heterocycles. The van der Waals surface area contributed by atoms with E-state index in [4.69, 9.17) is 0 Å². The van der Waals surface area contributed by atoms with Crippen LogP contribution in [0.1, 0.15) is 6.92 Å². The largest absolute Gasteiger partial charge is 0.339 e. The number of isocyanates is 2. The second kappa shape index (κ2) is 6.20. The molecule has 10 nitrogen and oxygen atoms in total. The van der Waals surface area contributed by atoms with Gasteiger partial charge in [-0.2, -0.15) is 9.98 Å². The summed E-state index contributed by atoms with van der Waals surface area (Å²) in [5.41, 5.74) is -2.82. The van der Waals surface area contributed by atoms with Crippen molar-refractivity contribution in [2.75, 3.05) is 0 Å². The van der Waals surface area contributed by atoms with Crippen molar-refractivity contribution in [2.45, 2.75) is 26.8 Å². The zero-order valence-electron chi connectivity index (χ0n) is 9.90. The van der Waals surface area contributed by atoms with E-state index in [9.17, 15) is 24.0 Å². The highest BCUT2D eigenvalue weighted by Crippen LogP contribution is 1.78. The van der Waals surface area contributed by atoms with Crippen LogP contribution in [0.2, 0.25) is 0 Å². The van der Waals surface area contributed by atoms with Gasteiger partial charge in [0, 0.05) is 6.54 Å². The van der Waals surface area contributed by atoms with Crippen molar-refractivity contribution < 1.29 is 9.59 Å². The third-order valence-corrected chi connectivity index (χ3v) is 2.26. The predicted molar refractivity (Wildman–Crippen MR) is 61.1 cm³/mol. The van der Waals surface area contributed by atoms with Crippen molar-refractivity contribution in [2.24, 2.45) is 9.98 Å². The molecule has 1 rings (SSSR count). The molecule has 10 heteroatoms. The van der Waals surface area contributed by atoms with E-state index in [0.29, 0.717) is 9.13 Å². The molecule has 0 unspecified atom stereocenters. The van der Waals surface area contributed by atoms with Gasteiger partial charge in [0.15, 0.2) is 0 Å². The van der Waals surface area contributed by atoms with Crippen LogP contribution in [0.15, 0.2) is 24.4 Å². The maximum atomic E-state index is 11.8. The molecule has 0 saturated carbocycles. The number of hydrogen-bond acceptors (Lipinski definition) is 7. The van der Waals surface area contributed by atoms with Crippen molar-refractivity contribution >= 4 is 12.2 Å². The highest BCUT2D eigenvalue weighted by atomic mass is 16.2. The summed E-state index contributed by atoms with van der Waals surface area (Å²) in [4.78, 5) is 61.7. The Labute approximate surface area is 105 Å². The summed E-state index contributed by atoms with van der Waals surface area (Å²) in [6.45, 7) is 0.403. The SMILES string of the molecule is CCn1c(=O)n(CN=C=O)c(=O)n(CN=C=O)c1=O. The maximum absolute atomic E-state index is 11.8. The minimum absolute atomic E-state index is 0.00749. The van der Waals surface area contributed by atoms with Gasteiger partial charge in [-0.25, -0.2) is 37.7 Å². The van der Waals surface area contributed by atoms with Crippen molar-refractivity contribution in [1.29, 1.82) is 0 Å². The first-order valence-corrected chi connectivity index (χ1v) is 5.10. The van der Waals surface area contributed by atoms with Crippen LogP contribution >= 0.6 is 0 Å². The molecule has 0 amide bonds. The van der Waals surface area contributed by atoms with Crippen molar-refractivity contribution in [3.8, 4) is 0 Å². The topological polar surface area (TPSA) is 125 Å². The van der Waals surface area contributed by atoms with Gasteiger partial charge in [0.1, 0.15) is 13.3 Å². The Morgan fingerprint density at radius 3 is 1.53 bits per heavy atom. The molecule has 1 aromatic rings. The molecule has 0 radical (unpaired) electrons. The Hall–Kier alpha value is -2.83. The van der Waals surface area contributed by atoms with Crippen molar-refractivity contribution in [3.05, 3.63) is 31.5 Å². The molecule has 0 bridgehead atoms. The number of rotatable bonds is 5. The molecule has 0 fully saturated rings. The van der Waals surface area contributed by atoms with Crippen molar-refractivity contribution in [3.63, 3.8) is 0 Å². The number of aromatic nitrogens is 3. The van der Waals surface area contributed by atoms with Crippen molar-refractivity contribution in [1.82, 2.24) is 13.7 Å².